The van der Waals surface area contributed by atoms with Gasteiger partial charge < -0.3 is 10.6 Å². The molecule has 1 unspecified atom stereocenters. The first-order valence-electron chi connectivity index (χ1n) is 7.59. The SMILES string of the molecule is CC(C)C(N)CCN(C)C(=O)c1cncn1-c1ccccc1.Cl.Cl. The number of rotatable bonds is 6. The summed E-state index contributed by atoms with van der Waals surface area (Å²) in [5.41, 5.74) is 7.54. The summed E-state index contributed by atoms with van der Waals surface area (Å²) in [6.07, 6.45) is 4.06. The molecule has 0 spiro atoms. The largest absolute Gasteiger partial charge is 0.340 e. The van der Waals surface area contributed by atoms with Crippen LogP contribution in [-0.4, -0.2) is 40.0 Å². The molecule has 0 fully saturated rings. The van der Waals surface area contributed by atoms with Crippen LogP contribution in [0, 0.1) is 5.92 Å². The topological polar surface area (TPSA) is 64.2 Å². The minimum Gasteiger partial charge on any atom is -0.340 e. The van der Waals surface area contributed by atoms with Gasteiger partial charge in [0.1, 0.15) is 5.69 Å². The van der Waals surface area contributed by atoms with Gasteiger partial charge in [-0.3, -0.25) is 9.36 Å². The van der Waals surface area contributed by atoms with Gasteiger partial charge in [0.25, 0.3) is 5.91 Å². The lowest BCUT2D eigenvalue weighted by molar-refractivity contribution is 0.0781. The summed E-state index contributed by atoms with van der Waals surface area (Å²) >= 11 is 0. The third kappa shape index (κ3) is 5.51. The predicted molar refractivity (Wildman–Crippen MR) is 102 cm³/mol. The third-order valence-electron chi connectivity index (χ3n) is 3.89. The second kappa shape index (κ2) is 10.3. The molecular weight excluding hydrogens is 347 g/mol. The van der Waals surface area contributed by atoms with Crippen LogP contribution in [0.25, 0.3) is 5.69 Å². The fraction of sp³-hybridized carbons (Fsp3) is 0.412. The van der Waals surface area contributed by atoms with Gasteiger partial charge in [0, 0.05) is 25.3 Å². The van der Waals surface area contributed by atoms with Gasteiger partial charge in [-0.25, -0.2) is 4.98 Å². The molecule has 2 N–H and O–H groups in total. The summed E-state index contributed by atoms with van der Waals surface area (Å²) in [5, 5.41) is 0. The van der Waals surface area contributed by atoms with E-state index in [1.165, 1.54) is 0 Å². The Labute approximate surface area is 156 Å². The van der Waals surface area contributed by atoms with E-state index in [1.54, 1.807) is 29.0 Å². The number of carbonyl (C=O) groups is 1. The number of nitrogens with two attached hydrogens (primary N) is 1. The molecule has 7 heteroatoms. The number of carbonyl (C=O) groups excluding carboxylic acids is 1. The van der Waals surface area contributed by atoms with E-state index in [1.807, 2.05) is 30.3 Å². The summed E-state index contributed by atoms with van der Waals surface area (Å²) < 4.78 is 1.81. The highest BCUT2D eigenvalue weighted by Crippen LogP contribution is 2.13. The number of para-hydroxylation sites is 1. The molecule has 0 saturated heterocycles. The molecule has 5 nitrogen and oxygen atoms in total. The maximum absolute atomic E-state index is 12.6. The highest BCUT2D eigenvalue weighted by atomic mass is 35.5. The number of halogens is 2. The lowest BCUT2D eigenvalue weighted by Gasteiger charge is -2.22. The lowest BCUT2D eigenvalue weighted by atomic mass is 10.0. The quantitative estimate of drug-likeness (QED) is 0.846. The van der Waals surface area contributed by atoms with E-state index in [4.69, 9.17) is 5.73 Å². The van der Waals surface area contributed by atoms with Crippen LogP contribution in [0.15, 0.2) is 42.9 Å². The molecule has 2 aromatic rings. The molecule has 1 atom stereocenters. The first-order chi connectivity index (χ1) is 10.5. The van der Waals surface area contributed by atoms with Crippen molar-refractivity contribution in [3.8, 4) is 5.69 Å². The molecule has 134 valence electrons. The van der Waals surface area contributed by atoms with E-state index in [-0.39, 0.29) is 36.8 Å². The smallest absolute Gasteiger partial charge is 0.272 e. The number of hydrogen-bond acceptors (Lipinski definition) is 3. The van der Waals surface area contributed by atoms with Crippen molar-refractivity contribution < 1.29 is 4.79 Å². The Morgan fingerprint density at radius 1 is 1.25 bits per heavy atom. The maximum Gasteiger partial charge on any atom is 0.272 e. The highest BCUT2D eigenvalue weighted by Gasteiger charge is 2.18. The van der Waals surface area contributed by atoms with Crippen LogP contribution in [0.2, 0.25) is 0 Å². The average molecular weight is 373 g/mol. The number of imidazole rings is 1. The summed E-state index contributed by atoms with van der Waals surface area (Å²) in [7, 11) is 1.80. The number of nitrogens with zero attached hydrogens (tertiary/aromatic N) is 3. The summed E-state index contributed by atoms with van der Waals surface area (Å²) in [5.74, 6) is 0.371. The molecule has 0 radical (unpaired) electrons. The van der Waals surface area contributed by atoms with Crippen molar-refractivity contribution in [3.63, 3.8) is 0 Å². The summed E-state index contributed by atoms with van der Waals surface area (Å²) in [6, 6.07) is 9.83. The Bertz CT molecular complexity index is 616. The fourth-order valence-electron chi connectivity index (χ4n) is 2.22. The van der Waals surface area contributed by atoms with Gasteiger partial charge in [0.15, 0.2) is 0 Å². The fourth-order valence-corrected chi connectivity index (χ4v) is 2.22. The van der Waals surface area contributed by atoms with Gasteiger partial charge in [0.05, 0.1) is 12.5 Å². The molecule has 1 aromatic carbocycles. The zero-order valence-corrected chi connectivity index (χ0v) is 15.9. The van der Waals surface area contributed by atoms with Crippen molar-refractivity contribution >= 4 is 30.7 Å². The Morgan fingerprint density at radius 2 is 1.88 bits per heavy atom. The van der Waals surface area contributed by atoms with Crippen LogP contribution in [0.4, 0.5) is 0 Å². The third-order valence-corrected chi connectivity index (χ3v) is 3.89. The van der Waals surface area contributed by atoms with E-state index in [0.717, 1.165) is 12.1 Å². The normalized spacial score (nSPS) is 11.4. The second-order valence-electron chi connectivity index (χ2n) is 5.91. The molecule has 2 rings (SSSR count). The van der Waals surface area contributed by atoms with Crippen LogP contribution < -0.4 is 5.73 Å². The highest BCUT2D eigenvalue weighted by molar-refractivity contribution is 5.92. The van der Waals surface area contributed by atoms with Gasteiger partial charge in [-0.1, -0.05) is 32.0 Å². The van der Waals surface area contributed by atoms with Crippen molar-refractivity contribution in [1.82, 2.24) is 14.5 Å². The van der Waals surface area contributed by atoms with Gasteiger partial charge in [0.2, 0.25) is 0 Å². The molecule has 24 heavy (non-hydrogen) atoms. The summed E-state index contributed by atoms with van der Waals surface area (Å²) in [6.45, 7) is 4.83. The van der Waals surface area contributed by atoms with E-state index in [2.05, 4.69) is 18.8 Å². The van der Waals surface area contributed by atoms with Gasteiger partial charge in [-0.15, -0.1) is 24.8 Å². The maximum atomic E-state index is 12.6. The molecule has 0 aliphatic rings. The van der Waals surface area contributed by atoms with Gasteiger partial charge >= 0.3 is 0 Å². The Hall–Kier alpha value is -1.56. The van der Waals surface area contributed by atoms with Crippen LogP contribution in [-0.2, 0) is 0 Å². The van der Waals surface area contributed by atoms with Crippen LogP contribution in [0.1, 0.15) is 30.8 Å². The van der Waals surface area contributed by atoms with Crippen molar-refractivity contribution in [2.24, 2.45) is 11.7 Å². The number of amides is 1. The summed E-state index contributed by atoms with van der Waals surface area (Å²) in [4.78, 5) is 18.4. The van der Waals surface area contributed by atoms with Crippen LogP contribution in [0.3, 0.4) is 0 Å². The standard InChI is InChI=1S/C17H24N4O.2ClH/c1-13(2)15(18)9-10-20(3)17(22)16-11-19-12-21(16)14-7-5-4-6-8-14;;/h4-8,11-13,15H,9-10,18H2,1-3H3;2*1H. The van der Waals surface area contributed by atoms with Crippen LogP contribution in [0.5, 0.6) is 0 Å². The second-order valence-corrected chi connectivity index (χ2v) is 5.91. The Kier molecular flexibility index (Phi) is 9.66. The molecule has 0 aliphatic carbocycles. The zero-order chi connectivity index (χ0) is 16.1. The minimum absolute atomic E-state index is 0. The van der Waals surface area contributed by atoms with Crippen LogP contribution >= 0.6 is 24.8 Å². The molecular formula is C17H26Cl2N4O. The lowest BCUT2D eigenvalue weighted by Crippen LogP contribution is -2.35. The molecule has 1 aromatic heterocycles. The van der Waals surface area contributed by atoms with Gasteiger partial charge in [-0.2, -0.15) is 0 Å². The first-order valence-corrected chi connectivity index (χ1v) is 7.59. The van der Waals surface area contributed by atoms with E-state index in [0.29, 0.717) is 18.2 Å². The zero-order valence-electron chi connectivity index (χ0n) is 14.3. The number of aromatic nitrogens is 2. The molecule has 0 aliphatic heterocycles. The van der Waals surface area contributed by atoms with Crippen molar-refractivity contribution in [3.05, 3.63) is 48.5 Å². The van der Waals surface area contributed by atoms with E-state index >= 15 is 0 Å². The van der Waals surface area contributed by atoms with Crippen molar-refractivity contribution in [2.45, 2.75) is 26.3 Å². The monoisotopic (exact) mass is 372 g/mol. The molecule has 0 saturated carbocycles. The van der Waals surface area contributed by atoms with Gasteiger partial charge in [-0.05, 0) is 24.5 Å². The minimum atomic E-state index is -0.0442. The molecule has 1 amide bonds. The van der Waals surface area contributed by atoms with Crippen molar-refractivity contribution in [2.75, 3.05) is 13.6 Å². The Morgan fingerprint density at radius 3 is 2.46 bits per heavy atom. The average Bonchev–Trinajstić information content (AvgIpc) is 3.01. The first kappa shape index (κ1) is 22.4. The Balaban J connectivity index is 0.00000264. The number of benzene rings is 1. The molecule has 0 bridgehead atoms. The predicted octanol–water partition coefficient (Wildman–Crippen LogP) is 3.16. The molecule has 1 heterocycles. The number of hydrogen-bond donors (Lipinski definition) is 1. The van der Waals surface area contributed by atoms with E-state index in [9.17, 15) is 4.79 Å². The van der Waals surface area contributed by atoms with E-state index < -0.39 is 0 Å². The van der Waals surface area contributed by atoms with Crippen molar-refractivity contribution in [1.29, 1.82) is 0 Å².